The molecular formula is C21H18F3N5O5. The van der Waals surface area contributed by atoms with Gasteiger partial charge in [0.05, 0.1) is 40.5 Å². The molecule has 0 radical (unpaired) electrons. The van der Waals surface area contributed by atoms with E-state index >= 15 is 0 Å². The number of halogens is 3. The Morgan fingerprint density at radius 3 is 2.35 bits per heavy atom. The van der Waals surface area contributed by atoms with Gasteiger partial charge in [0.2, 0.25) is 0 Å². The molecule has 10 nitrogen and oxygen atoms in total. The number of aryl methyl sites for hydroxylation is 1. The quantitative estimate of drug-likeness (QED) is 0.277. The molecule has 0 aliphatic rings. The summed E-state index contributed by atoms with van der Waals surface area (Å²) in [5, 5.41) is 26.2. The molecule has 0 bridgehead atoms. The van der Waals surface area contributed by atoms with Crippen molar-refractivity contribution in [1.29, 1.82) is 0 Å². The second-order valence-electron chi connectivity index (χ2n) is 7.13. The van der Waals surface area contributed by atoms with Crippen molar-refractivity contribution in [2.24, 2.45) is 5.10 Å². The van der Waals surface area contributed by atoms with Crippen molar-refractivity contribution >= 4 is 23.3 Å². The number of hydrazone groups is 1. The maximum atomic E-state index is 12.9. The van der Waals surface area contributed by atoms with E-state index in [0.29, 0.717) is 23.0 Å². The number of anilines is 1. The molecule has 0 aliphatic heterocycles. The first kappa shape index (κ1) is 24.2. The van der Waals surface area contributed by atoms with Gasteiger partial charge >= 0.3 is 6.18 Å². The molecule has 0 amide bonds. The topological polar surface area (TPSA) is 125 Å². The molecule has 34 heavy (non-hydrogen) atoms. The van der Waals surface area contributed by atoms with Gasteiger partial charge in [-0.15, -0.1) is 0 Å². The van der Waals surface area contributed by atoms with E-state index in [4.69, 9.17) is 4.74 Å². The minimum atomic E-state index is -4.72. The van der Waals surface area contributed by atoms with Crippen LogP contribution in [0.25, 0.3) is 5.69 Å². The highest BCUT2D eigenvalue weighted by Crippen LogP contribution is 2.35. The molecule has 13 heteroatoms. The number of nitro benzene ring substituents is 2. The molecular weight excluding hydrogens is 459 g/mol. The largest absolute Gasteiger partial charge is 0.494 e. The normalized spacial score (nSPS) is 11.6. The van der Waals surface area contributed by atoms with E-state index in [9.17, 15) is 33.4 Å². The van der Waals surface area contributed by atoms with Crippen LogP contribution in [0.4, 0.5) is 30.2 Å². The molecule has 1 heterocycles. The van der Waals surface area contributed by atoms with Gasteiger partial charge in [0.25, 0.3) is 11.4 Å². The fourth-order valence-electron chi connectivity index (χ4n) is 3.38. The number of benzene rings is 2. The lowest BCUT2D eigenvalue weighted by Crippen LogP contribution is -2.06. The van der Waals surface area contributed by atoms with Crippen molar-refractivity contribution in [3.8, 4) is 11.4 Å². The lowest BCUT2D eigenvalue weighted by atomic mass is 10.1. The molecule has 178 valence electrons. The Kier molecular flexibility index (Phi) is 6.56. The summed E-state index contributed by atoms with van der Waals surface area (Å²) in [6.45, 7) is 3.55. The molecule has 0 atom stereocenters. The van der Waals surface area contributed by atoms with Crippen LogP contribution in [0.1, 0.15) is 22.5 Å². The van der Waals surface area contributed by atoms with Crippen LogP contribution >= 0.6 is 0 Å². The second-order valence-corrected chi connectivity index (χ2v) is 7.13. The summed E-state index contributed by atoms with van der Waals surface area (Å²) < 4.78 is 45.7. The summed E-state index contributed by atoms with van der Waals surface area (Å²) >= 11 is 0. The number of hydrogen-bond acceptors (Lipinski definition) is 7. The summed E-state index contributed by atoms with van der Waals surface area (Å²) in [6, 6.07) is 8.03. The molecule has 0 saturated carbocycles. The first-order chi connectivity index (χ1) is 15.9. The molecule has 0 fully saturated rings. The second kappa shape index (κ2) is 9.21. The maximum Gasteiger partial charge on any atom is 0.416 e. The van der Waals surface area contributed by atoms with E-state index in [0.717, 1.165) is 17.8 Å². The number of hydrogen-bond donors (Lipinski definition) is 1. The van der Waals surface area contributed by atoms with E-state index in [1.165, 1.54) is 25.5 Å². The predicted molar refractivity (Wildman–Crippen MR) is 118 cm³/mol. The van der Waals surface area contributed by atoms with Crippen LogP contribution in [0.15, 0.2) is 47.6 Å². The van der Waals surface area contributed by atoms with Crippen molar-refractivity contribution < 1.29 is 27.8 Å². The van der Waals surface area contributed by atoms with Crippen LogP contribution in [-0.2, 0) is 6.18 Å². The Hall–Kier alpha value is -4.42. The Bertz CT molecular complexity index is 1300. The summed E-state index contributed by atoms with van der Waals surface area (Å²) in [6.07, 6.45) is -3.36. The van der Waals surface area contributed by atoms with Crippen LogP contribution in [0.3, 0.4) is 0 Å². The van der Waals surface area contributed by atoms with Gasteiger partial charge in [-0.2, -0.15) is 18.3 Å². The average molecular weight is 477 g/mol. The summed E-state index contributed by atoms with van der Waals surface area (Å²) in [4.78, 5) is 20.8. The van der Waals surface area contributed by atoms with E-state index in [2.05, 4.69) is 10.5 Å². The number of alkyl halides is 3. The van der Waals surface area contributed by atoms with Crippen LogP contribution < -0.4 is 10.2 Å². The highest BCUT2D eigenvalue weighted by atomic mass is 19.4. The lowest BCUT2D eigenvalue weighted by Gasteiger charge is -2.13. The summed E-state index contributed by atoms with van der Waals surface area (Å²) in [5.74, 6) is 0.276. The van der Waals surface area contributed by atoms with Gasteiger partial charge in [-0.3, -0.25) is 25.7 Å². The van der Waals surface area contributed by atoms with Gasteiger partial charge in [0.15, 0.2) is 0 Å². The standard InChI is InChI=1S/C21H18F3N5O5/c1-12-8-14(13(2)27(12)18-7-5-16(28(30)31)10-20(18)34-3)11-25-26-17-6-4-15(21(22,23)24)9-19(17)29(32)33/h4-11,26H,1-3H3/b25-11-. The third-order valence-corrected chi connectivity index (χ3v) is 5.00. The van der Waals surface area contributed by atoms with Crippen molar-refractivity contribution in [2.75, 3.05) is 12.5 Å². The highest BCUT2D eigenvalue weighted by Gasteiger charge is 2.33. The van der Waals surface area contributed by atoms with Crippen molar-refractivity contribution in [2.45, 2.75) is 20.0 Å². The highest BCUT2D eigenvalue weighted by molar-refractivity contribution is 5.83. The molecule has 0 spiro atoms. The summed E-state index contributed by atoms with van der Waals surface area (Å²) in [7, 11) is 1.39. The molecule has 0 aliphatic carbocycles. The van der Waals surface area contributed by atoms with Crippen LogP contribution in [0.2, 0.25) is 0 Å². The molecule has 1 N–H and O–H groups in total. The van der Waals surface area contributed by atoms with Gasteiger partial charge < -0.3 is 9.30 Å². The van der Waals surface area contributed by atoms with E-state index in [1.807, 2.05) is 0 Å². The average Bonchev–Trinajstić information content (AvgIpc) is 3.05. The van der Waals surface area contributed by atoms with Gasteiger partial charge in [-0.25, -0.2) is 0 Å². The number of methoxy groups -OCH3 is 1. The Balaban J connectivity index is 1.92. The molecule has 3 rings (SSSR count). The summed E-state index contributed by atoms with van der Waals surface area (Å²) in [5.41, 5.74) is 2.72. The zero-order valence-corrected chi connectivity index (χ0v) is 18.1. The third-order valence-electron chi connectivity index (χ3n) is 5.00. The Morgan fingerprint density at radius 1 is 1.06 bits per heavy atom. The Labute approximate surface area is 190 Å². The number of non-ortho nitro benzene ring substituents is 1. The van der Waals surface area contributed by atoms with Crippen molar-refractivity contribution in [3.63, 3.8) is 0 Å². The van der Waals surface area contributed by atoms with Crippen LogP contribution in [0, 0.1) is 34.1 Å². The predicted octanol–water partition coefficient (Wildman–Crippen LogP) is 5.38. The number of nitro groups is 2. The van der Waals surface area contributed by atoms with Gasteiger partial charge in [-0.05, 0) is 38.1 Å². The van der Waals surface area contributed by atoms with Gasteiger partial charge in [-0.1, -0.05) is 0 Å². The lowest BCUT2D eigenvalue weighted by molar-refractivity contribution is -0.385. The minimum absolute atomic E-state index is 0.132. The van der Waals surface area contributed by atoms with Crippen LogP contribution in [0.5, 0.6) is 5.75 Å². The zero-order valence-electron chi connectivity index (χ0n) is 18.1. The fourth-order valence-corrected chi connectivity index (χ4v) is 3.38. The fraction of sp³-hybridized carbons (Fsp3) is 0.190. The van der Waals surface area contributed by atoms with Crippen LogP contribution in [-0.4, -0.2) is 27.7 Å². The number of nitrogens with zero attached hydrogens (tertiary/aromatic N) is 4. The number of nitrogens with one attached hydrogen (secondary N) is 1. The van der Waals surface area contributed by atoms with Gasteiger partial charge in [0, 0.05) is 29.1 Å². The maximum absolute atomic E-state index is 12.9. The van der Waals surface area contributed by atoms with Crippen molar-refractivity contribution in [1.82, 2.24) is 4.57 Å². The van der Waals surface area contributed by atoms with E-state index < -0.39 is 27.3 Å². The SMILES string of the molecule is COc1cc([N+](=O)[O-])ccc1-n1c(C)cc(/C=N\Nc2ccc(C(F)(F)F)cc2[N+](=O)[O-])c1C. The zero-order chi connectivity index (χ0) is 25.2. The third kappa shape index (κ3) is 4.82. The van der Waals surface area contributed by atoms with Crippen molar-refractivity contribution in [3.05, 3.63) is 85.2 Å². The first-order valence-corrected chi connectivity index (χ1v) is 9.60. The van der Waals surface area contributed by atoms with E-state index in [-0.39, 0.29) is 17.1 Å². The number of ether oxygens (including phenoxy) is 1. The molecule has 0 saturated heterocycles. The molecule has 1 aromatic heterocycles. The van der Waals surface area contributed by atoms with Gasteiger partial charge in [0.1, 0.15) is 11.4 Å². The molecule has 2 aromatic carbocycles. The van der Waals surface area contributed by atoms with E-state index in [1.54, 1.807) is 30.5 Å². The smallest absolute Gasteiger partial charge is 0.416 e. The Morgan fingerprint density at radius 2 is 1.76 bits per heavy atom. The minimum Gasteiger partial charge on any atom is -0.494 e. The molecule has 0 unspecified atom stereocenters. The molecule has 3 aromatic rings. The first-order valence-electron chi connectivity index (χ1n) is 9.60. The number of rotatable bonds is 7. The number of aromatic nitrogens is 1. The monoisotopic (exact) mass is 477 g/mol.